The van der Waals surface area contributed by atoms with Crippen molar-refractivity contribution in [1.82, 2.24) is 0 Å². The number of rotatable bonds is 0. The fourth-order valence-electron chi connectivity index (χ4n) is 0. The van der Waals surface area contributed by atoms with Gasteiger partial charge in [-0.1, -0.05) is 70.4 Å². The van der Waals surface area contributed by atoms with Gasteiger partial charge in [0, 0.05) is 4.43 Å². The summed E-state index contributed by atoms with van der Waals surface area (Å²) in [6.45, 7) is 0. The third kappa shape index (κ3) is 6.17. The minimum absolute atomic E-state index is 0.0342. The predicted octanol–water partition coefficient (Wildman–Crippen LogP) is 3.26. The van der Waals surface area contributed by atoms with Gasteiger partial charge in [-0.15, -0.1) is 0 Å². The highest BCUT2D eigenvalue weighted by Crippen LogP contribution is 2.34. The first-order valence-corrected chi connectivity index (χ1v) is 5.09. The van der Waals surface area contributed by atoms with E-state index >= 15 is 0 Å². The molecule has 4 heteroatoms. The third-order valence-corrected chi connectivity index (χ3v) is 5.28. The van der Waals surface area contributed by atoms with Crippen molar-refractivity contribution in [3.8, 4) is 0 Å². The van der Waals surface area contributed by atoms with Gasteiger partial charge in [0.15, 0.2) is 0 Å². The predicted molar refractivity (Wildman–Crippen MR) is 48.4 cm³/mol. The van der Waals surface area contributed by atoms with E-state index in [0.717, 1.165) is 4.43 Å². The van der Waals surface area contributed by atoms with Crippen LogP contribution in [0, 0.1) is 0 Å². The maximum Gasteiger partial charge on any atom is 0.143 e. The molecule has 0 aliphatic heterocycles. The molecule has 0 N–H and O–H groups in total. The summed E-state index contributed by atoms with van der Waals surface area (Å²) in [5.41, 5.74) is 0. The number of halogens is 4. The molecule has 0 aromatic carbocycles. The molecule has 6 heavy (non-hydrogen) atoms. The topological polar surface area (TPSA) is 0 Å². The van der Waals surface area contributed by atoms with Gasteiger partial charge in [0.05, 0.1) is 0 Å². The van der Waals surface area contributed by atoms with Gasteiger partial charge in [0.2, 0.25) is 0 Å². The molecule has 0 aliphatic rings. The fourth-order valence-corrected chi connectivity index (χ4v) is 0. The van der Waals surface area contributed by atoms with Crippen LogP contribution in [0.25, 0.3) is 0 Å². The first-order valence-electron chi connectivity index (χ1n) is 1.19. The van der Waals surface area contributed by atoms with Crippen LogP contribution in [0.5, 0.6) is 0 Å². The molecule has 0 spiro atoms. The maximum absolute atomic E-state index is 3.30. The van der Waals surface area contributed by atoms with E-state index in [9.17, 15) is 0 Å². The van der Waals surface area contributed by atoms with E-state index in [-0.39, 0.29) is 2.14 Å². The van der Waals surface area contributed by atoms with Gasteiger partial charge in [-0.3, -0.25) is 0 Å². The second-order valence-electron chi connectivity index (χ2n) is 0.749. The smallest absolute Gasteiger partial charge is 0.0830 e. The van der Waals surface area contributed by atoms with E-state index in [4.69, 9.17) is 0 Å². The fraction of sp³-hybridized carbons (Fsp3) is 1.00. The van der Waals surface area contributed by atoms with Crippen LogP contribution in [0.2, 0.25) is 0 Å². The molecule has 0 aliphatic carbocycles. The molecule has 0 bridgehead atoms. The van der Waals surface area contributed by atoms with Crippen molar-refractivity contribution in [2.45, 2.75) is 2.14 Å². The van der Waals surface area contributed by atoms with Crippen molar-refractivity contribution in [2.75, 3.05) is 4.43 Å². The lowest BCUT2D eigenvalue weighted by molar-refractivity contribution is 1.49. The Morgan fingerprint density at radius 1 is 1.33 bits per heavy atom. The Kier molecular flexibility index (Phi) is 4.42. The molecule has 0 fully saturated rings. The summed E-state index contributed by atoms with van der Waals surface area (Å²) in [6, 6.07) is 0. The molecule has 0 rings (SSSR count). The van der Waals surface area contributed by atoms with Crippen LogP contribution in [-0.4, -0.2) is 6.57 Å². The minimum atomic E-state index is -0.0342. The Morgan fingerprint density at radius 3 is 1.50 bits per heavy atom. The van der Waals surface area contributed by atoms with Gasteiger partial charge < -0.3 is 0 Å². The van der Waals surface area contributed by atoms with E-state index in [0.29, 0.717) is 0 Å². The lowest BCUT2D eigenvalue weighted by Gasteiger charge is -2.03. The van der Waals surface area contributed by atoms with Crippen LogP contribution < -0.4 is 0 Å². The summed E-state index contributed by atoms with van der Waals surface area (Å²) in [5, 5.41) is 0. The highest BCUT2D eigenvalue weighted by Gasteiger charge is 2.13. The van der Waals surface area contributed by atoms with Crippen LogP contribution in [0.15, 0.2) is 0 Å². The van der Waals surface area contributed by atoms with Crippen molar-refractivity contribution >= 4 is 70.4 Å². The maximum atomic E-state index is 3.30. The van der Waals surface area contributed by atoms with E-state index in [1.807, 2.05) is 0 Å². The zero-order chi connectivity index (χ0) is 5.21. The number of hydrogen-bond donors (Lipinski definition) is 0. The van der Waals surface area contributed by atoms with Gasteiger partial charge in [-0.25, -0.2) is 0 Å². The van der Waals surface area contributed by atoms with Crippen molar-refractivity contribution in [1.29, 1.82) is 0 Å². The van der Waals surface area contributed by atoms with Gasteiger partial charge in [0.1, 0.15) is 2.14 Å². The monoisotopic (exact) mass is 390 g/mol. The van der Waals surface area contributed by atoms with Crippen LogP contribution in [-0.2, 0) is 0 Å². The second kappa shape index (κ2) is 3.25. The van der Waals surface area contributed by atoms with Gasteiger partial charge in [0.25, 0.3) is 0 Å². The van der Waals surface area contributed by atoms with E-state index in [1.165, 1.54) is 0 Å². The summed E-state index contributed by atoms with van der Waals surface area (Å²) in [5.74, 6) is 0. The Morgan fingerprint density at radius 2 is 1.50 bits per heavy atom. The highest BCUT2D eigenvalue weighted by molar-refractivity contribution is 14.1. The molecule has 0 saturated carbocycles. The van der Waals surface area contributed by atoms with E-state index in [2.05, 4.69) is 70.4 Å². The first-order chi connectivity index (χ1) is 2.56. The summed E-state index contributed by atoms with van der Waals surface area (Å²) in [4.78, 5) is 0. The Hall–Kier alpha value is 2.17. The molecular formula is C2H2Br3I. The lowest BCUT2D eigenvalue weighted by atomic mass is 11.0. The SMILES string of the molecule is BrC(Br)(Br)CI. The zero-order valence-corrected chi connectivity index (χ0v) is 9.63. The normalized spacial score (nSPS) is 12.0. The summed E-state index contributed by atoms with van der Waals surface area (Å²) in [7, 11) is 0. The standard InChI is InChI=1S/C2H2Br3I/c3-2(4,5)1-6/h1H2. The quantitative estimate of drug-likeness (QED) is 0.438. The Balaban J connectivity index is 3.17. The highest BCUT2D eigenvalue weighted by atomic mass is 127. The van der Waals surface area contributed by atoms with Crippen molar-refractivity contribution in [2.24, 2.45) is 0 Å². The Labute approximate surface area is 76.0 Å². The molecule has 38 valence electrons. The molecule has 0 aromatic heterocycles. The van der Waals surface area contributed by atoms with E-state index in [1.54, 1.807) is 0 Å². The first kappa shape index (κ1) is 8.17. The van der Waals surface area contributed by atoms with E-state index < -0.39 is 0 Å². The summed E-state index contributed by atoms with van der Waals surface area (Å²) in [6.07, 6.45) is 0. The van der Waals surface area contributed by atoms with Crippen molar-refractivity contribution < 1.29 is 0 Å². The minimum Gasteiger partial charge on any atom is -0.0830 e. The van der Waals surface area contributed by atoms with Crippen LogP contribution in [0.4, 0.5) is 0 Å². The second-order valence-corrected chi connectivity index (χ2v) is 8.77. The molecular weight excluding hydrogens is 391 g/mol. The average molecular weight is 393 g/mol. The lowest BCUT2D eigenvalue weighted by Crippen LogP contribution is -1.97. The zero-order valence-electron chi connectivity index (χ0n) is 2.72. The van der Waals surface area contributed by atoms with Crippen LogP contribution in [0.3, 0.4) is 0 Å². The van der Waals surface area contributed by atoms with Crippen molar-refractivity contribution in [3.05, 3.63) is 0 Å². The molecule has 0 radical (unpaired) electrons. The molecule has 0 aromatic rings. The van der Waals surface area contributed by atoms with Crippen LogP contribution in [0.1, 0.15) is 0 Å². The number of alkyl halides is 4. The van der Waals surface area contributed by atoms with Gasteiger partial charge in [-0.2, -0.15) is 0 Å². The van der Waals surface area contributed by atoms with Gasteiger partial charge >= 0.3 is 0 Å². The third-order valence-electron chi connectivity index (χ3n) is 0.152. The molecule has 0 atom stereocenters. The summed E-state index contributed by atoms with van der Waals surface area (Å²) < 4.78 is 0.957. The molecule has 0 nitrogen and oxygen atoms in total. The van der Waals surface area contributed by atoms with Crippen LogP contribution >= 0.6 is 70.4 Å². The average Bonchev–Trinajstić information content (AvgIpc) is 1.35. The summed E-state index contributed by atoms with van der Waals surface area (Å²) >= 11 is 12.2. The molecule has 0 unspecified atom stereocenters. The molecule has 0 saturated heterocycles. The van der Waals surface area contributed by atoms with Crippen molar-refractivity contribution in [3.63, 3.8) is 0 Å². The largest absolute Gasteiger partial charge is 0.143 e. The Bertz CT molecular complexity index is 38.5. The number of hydrogen-bond acceptors (Lipinski definition) is 0. The molecule has 0 amide bonds. The molecule has 0 heterocycles. The van der Waals surface area contributed by atoms with Gasteiger partial charge in [-0.05, 0) is 0 Å².